The molecule has 0 aliphatic carbocycles. The lowest BCUT2D eigenvalue weighted by atomic mass is 9.92. The van der Waals surface area contributed by atoms with Crippen LogP contribution >= 0.6 is 0 Å². The first-order chi connectivity index (χ1) is 11.2. The minimum absolute atomic E-state index is 0.000327. The van der Waals surface area contributed by atoms with Crippen LogP contribution in [0.25, 0.3) is 32.7 Å². The second kappa shape index (κ2) is 4.78. The molecule has 106 valence electrons. The van der Waals surface area contributed by atoms with Gasteiger partial charge in [0.25, 0.3) is 0 Å². The molecule has 4 rings (SSSR count). The molecule has 0 atom stereocenters. The van der Waals surface area contributed by atoms with Crippen LogP contribution in [0.3, 0.4) is 0 Å². The fourth-order valence-electron chi connectivity index (χ4n) is 2.97. The molecule has 0 saturated heterocycles. The third-order valence-electron chi connectivity index (χ3n) is 3.97. The lowest BCUT2D eigenvalue weighted by Gasteiger charge is -2.14. The lowest BCUT2D eigenvalue weighted by molar-refractivity contribution is 0.470. The van der Waals surface area contributed by atoms with E-state index >= 15 is 0 Å². The SMILES string of the molecule is [2H]c1cc(O)c(-c2c(O)ccc3ccccc23)c2ccccc12. The maximum absolute atomic E-state index is 10.5. The van der Waals surface area contributed by atoms with Gasteiger partial charge in [0.1, 0.15) is 11.5 Å². The van der Waals surface area contributed by atoms with E-state index in [0.717, 1.165) is 21.5 Å². The topological polar surface area (TPSA) is 40.5 Å². The van der Waals surface area contributed by atoms with Crippen molar-refractivity contribution in [1.29, 1.82) is 0 Å². The molecule has 0 radical (unpaired) electrons. The number of aromatic hydroxyl groups is 2. The molecular weight excluding hydrogens is 272 g/mol. The van der Waals surface area contributed by atoms with E-state index in [-0.39, 0.29) is 17.5 Å². The highest BCUT2D eigenvalue weighted by Gasteiger charge is 2.16. The van der Waals surface area contributed by atoms with Gasteiger partial charge in [-0.15, -0.1) is 0 Å². The van der Waals surface area contributed by atoms with E-state index in [4.69, 9.17) is 1.37 Å². The summed E-state index contributed by atoms with van der Waals surface area (Å²) in [5, 5.41) is 24.3. The van der Waals surface area contributed by atoms with Crippen LogP contribution < -0.4 is 0 Å². The van der Waals surface area contributed by atoms with Crippen LogP contribution in [0.15, 0.2) is 72.8 Å². The van der Waals surface area contributed by atoms with Crippen LogP contribution in [-0.4, -0.2) is 10.2 Å². The average molecular weight is 287 g/mol. The zero-order valence-electron chi connectivity index (χ0n) is 12.7. The predicted molar refractivity (Wildman–Crippen MR) is 90.2 cm³/mol. The molecule has 0 saturated carbocycles. The molecule has 4 aromatic rings. The Balaban J connectivity index is 2.22. The second-order valence-electron chi connectivity index (χ2n) is 5.28. The van der Waals surface area contributed by atoms with E-state index in [1.807, 2.05) is 54.6 Å². The quantitative estimate of drug-likeness (QED) is 0.513. The fourth-order valence-corrected chi connectivity index (χ4v) is 2.97. The van der Waals surface area contributed by atoms with E-state index in [0.29, 0.717) is 11.1 Å². The van der Waals surface area contributed by atoms with Crippen LogP contribution in [0.4, 0.5) is 0 Å². The summed E-state index contributed by atoms with van der Waals surface area (Å²) in [6, 6.07) is 20.4. The van der Waals surface area contributed by atoms with Crippen LogP contribution in [0, 0.1) is 0 Å². The molecule has 0 bridgehead atoms. The molecule has 0 heterocycles. The Labute approximate surface area is 129 Å². The van der Waals surface area contributed by atoms with Crippen molar-refractivity contribution in [1.82, 2.24) is 0 Å². The minimum atomic E-state index is 0.000327. The standard InChI is InChI=1S/C20H14O2/c21-17-11-9-13-5-1-3-7-15(13)19(17)20-16-8-4-2-6-14(16)10-12-18(20)22/h1-12,21-22H/i9D. The third kappa shape index (κ3) is 1.81. The summed E-state index contributed by atoms with van der Waals surface area (Å²) < 4.78 is 8.06. The molecule has 4 aromatic carbocycles. The molecule has 0 unspecified atom stereocenters. The van der Waals surface area contributed by atoms with Gasteiger partial charge in [0.15, 0.2) is 0 Å². The molecule has 0 amide bonds. The number of benzene rings is 4. The summed E-state index contributed by atoms with van der Waals surface area (Å²) in [7, 11) is 0. The highest BCUT2D eigenvalue weighted by Crippen LogP contribution is 2.44. The van der Waals surface area contributed by atoms with Gasteiger partial charge in [0, 0.05) is 11.1 Å². The van der Waals surface area contributed by atoms with Crippen molar-refractivity contribution >= 4 is 21.5 Å². The second-order valence-corrected chi connectivity index (χ2v) is 5.28. The lowest BCUT2D eigenvalue weighted by Crippen LogP contribution is -1.86. The van der Waals surface area contributed by atoms with Gasteiger partial charge in [-0.3, -0.25) is 0 Å². The summed E-state index contributed by atoms with van der Waals surface area (Å²) in [5.41, 5.74) is 1.16. The number of phenols is 2. The zero-order chi connectivity index (χ0) is 16.0. The van der Waals surface area contributed by atoms with Gasteiger partial charge in [0.2, 0.25) is 0 Å². The van der Waals surface area contributed by atoms with Crippen LogP contribution in [0.1, 0.15) is 1.37 Å². The Bertz CT molecular complexity index is 1050. The van der Waals surface area contributed by atoms with E-state index in [1.54, 1.807) is 6.07 Å². The van der Waals surface area contributed by atoms with Gasteiger partial charge in [-0.05, 0) is 33.7 Å². The van der Waals surface area contributed by atoms with E-state index in [9.17, 15) is 10.2 Å². The highest BCUT2D eigenvalue weighted by molar-refractivity contribution is 6.09. The molecule has 2 nitrogen and oxygen atoms in total. The highest BCUT2D eigenvalue weighted by atomic mass is 16.3. The third-order valence-corrected chi connectivity index (χ3v) is 3.97. The predicted octanol–water partition coefficient (Wildman–Crippen LogP) is 5.07. The van der Waals surface area contributed by atoms with Gasteiger partial charge in [0.05, 0.1) is 1.37 Å². The first-order valence-corrected chi connectivity index (χ1v) is 7.09. The zero-order valence-corrected chi connectivity index (χ0v) is 11.7. The van der Waals surface area contributed by atoms with Crippen molar-refractivity contribution in [2.75, 3.05) is 0 Å². The molecule has 0 spiro atoms. The van der Waals surface area contributed by atoms with Gasteiger partial charge in [-0.1, -0.05) is 60.6 Å². The van der Waals surface area contributed by atoms with Crippen LogP contribution in [0.5, 0.6) is 11.5 Å². The number of rotatable bonds is 1. The Morgan fingerprint density at radius 3 is 1.86 bits per heavy atom. The molecule has 22 heavy (non-hydrogen) atoms. The molecule has 0 aromatic heterocycles. The van der Waals surface area contributed by atoms with Gasteiger partial charge in [-0.25, -0.2) is 0 Å². The number of fused-ring (bicyclic) bond motifs is 2. The summed E-state index contributed by atoms with van der Waals surface area (Å²) in [6.07, 6.45) is 0. The van der Waals surface area contributed by atoms with Crippen molar-refractivity contribution in [3.63, 3.8) is 0 Å². The average Bonchev–Trinajstić information content (AvgIpc) is 2.57. The van der Waals surface area contributed by atoms with Crippen LogP contribution in [-0.2, 0) is 0 Å². The number of hydrogen-bond donors (Lipinski definition) is 2. The maximum Gasteiger partial charge on any atom is 0.124 e. The van der Waals surface area contributed by atoms with E-state index in [1.165, 1.54) is 6.07 Å². The molecule has 2 N–H and O–H groups in total. The molecule has 0 aliphatic heterocycles. The normalized spacial score (nSPS) is 11.7. The first-order valence-electron chi connectivity index (χ1n) is 7.59. The van der Waals surface area contributed by atoms with Crippen molar-refractivity contribution in [3.8, 4) is 22.6 Å². The van der Waals surface area contributed by atoms with Crippen molar-refractivity contribution in [2.45, 2.75) is 0 Å². The Hall–Kier alpha value is -3.00. The van der Waals surface area contributed by atoms with Crippen molar-refractivity contribution in [3.05, 3.63) is 72.8 Å². The Morgan fingerprint density at radius 2 is 1.14 bits per heavy atom. The Kier molecular flexibility index (Phi) is 2.53. The summed E-state index contributed by atoms with van der Waals surface area (Å²) >= 11 is 0. The van der Waals surface area contributed by atoms with Crippen molar-refractivity contribution < 1.29 is 11.6 Å². The maximum atomic E-state index is 10.5. The summed E-state index contributed by atoms with van der Waals surface area (Å²) in [4.78, 5) is 0. The summed E-state index contributed by atoms with van der Waals surface area (Å²) in [5.74, 6) is 0.113. The molecule has 0 fully saturated rings. The van der Waals surface area contributed by atoms with E-state index in [2.05, 4.69) is 0 Å². The smallest absolute Gasteiger partial charge is 0.124 e. The molecular formula is C20H14O2. The number of hydrogen-bond acceptors (Lipinski definition) is 2. The number of phenolic OH excluding ortho intramolecular Hbond substituents is 2. The Morgan fingerprint density at radius 1 is 0.591 bits per heavy atom. The van der Waals surface area contributed by atoms with E-state index < -0.39 is 0 Å². The fraction of sp³-hybridized carbons (Fsp3) is 0. The largest absolute Gasteiger partial charge is 0.507 e. The van der Waals surface area contributed by atoms with Crippen molar-refractivity contribution in [2.24, 2.45) is 0 Å². The molecule has 2 heteroatoms. The van der Waals surface area contributed by atoms with Gasteiger partial charge in [-0.2, -0.15) is 0 Å². The summed E-state index contributed by atoms with van der Waals surface area (Å²) in [6.45, 7) is 0. The minimum Gasteiger partial charge on any atom is -0.507 e. The monoisotopic (exact) mass is 287 g/mol. The van der Waals surface area contributed by atoms with Gasteiger partial charge < -0.3 is 10.2 Å². The molecule has 0 aliphatic rings. The van der Waals surface area contributed by atoms with Crippen LogP contribution in [0.2, 0.25) is 0 Å². The van der Waals surface area contributed by atoms with Gasteiger partial charge >= 0.3 is 0 Å². The first kappa shape index (κ1) is 11.6.